The van der Waals surface area contributed by atoms with Crippen LogP contribution in [0.4, 0.5) is 5.69 Å². The number of halogens is 1. The Kier molecular flexibility index (Phi) is 6.62. The van der Waals surface area contributed by atoms with Crippen LogP contribution >= 0.6 is 22.9 Å². The van der Waals surface area contributed by atoms with Crippen molar-refractivity contribution >= 4 is 50.3 Å². The number of nitrogens with zero attached hydrogens (tertiary/aromatic N) is 2. The van der Waals surface area contributed by atoms with Gasteiger partial charge in [-0.05, 0) is 36.8 Å². The van der Waals surface area contributed by atoms with Crippen molar-refractivity contribution in [3.8, 4) is 0 Å². The van der Waals surface area contributed by atoms with E-state index >= 15 is 0 Å². The molecule has 0 aliphatic carbocycles. The number of carbonyl (C=O) groups excluding carboxylic acids is 1. The minimum absolute atomic E-state index is 0.177. The van der Waals surface area contributed by atoms with E-state index in [1.807, 2.05) is 6.07 Å². The Bertz CT molecular complexity index is 1050. The maximum absolute atomic E-state index is 12.9. The molecule has 7 nitrogen and oxygen atoms in total. The van der Waals surface area contributed by atoms with Gasteiger partial charge < -0.3 is 10.2 Å². The topological polar surface area (TPSA) is 88.1 Å². The third-order valence-corrected chi connectivity index (χ3v) is 8.07. The molecule has 1 aliphatic heterocycles. The standard InChI is InChI=1S/C19H22ClN3O4S2/c1-4-23(5-2)29(25,26)17-10-13(7-6-12(17)3)21-19(24)15-11-14(22-27-15)16-8-9-18(20)28-16/h6-10,15H,4-5,11H2,1-3H3,(H,21,24). The molecule has 0 fully saturated rings. The largest absolute Gasteiger partial charge is 0.382 e. The van der Waals surface area contributed by atoms with Crippen LogP contribution in [0.3, 0.4) is 0 Å². The van der Waals surface area contributed by atoms with Crippen LogP contribution in [0, 0.1) is 6.92 Å². The summed E-state index contributed by atoms with van der Waals surface area (Å²) in [7, 11) is -3.63. The molecule has 0 bridgehead atoms. The Balaban J connectivity index is 1.73. The molecule has 1 aliphatic rings. The number of nitrogens with one attached hydrogen (secondary N) is 1. The SMILES string of the molecule is CCN(CC)S(=O)(=O)c1cc(NC(=O)C2CC(c3ccc(Cl)s3)=NO2)ccc1C. The number of aryl methyl sites for hydroxylation is 1. The number of hydrogen-bond acceptors (Lipinski definition) is 6. The molecule has 10 heteroatoms. The van der Waals surface area contributed by atoms with Crippen molar-refractivity contribution in [1.29, 1.82) is 0 Å². The van der Waals surface area contributed by atoms with E-state index in [2.05, 4.69) is 10.5 Å². The maximum atomic E-state index is 12.9. The van der Waals surface area contributed by atoms with Gasteiger partial charge >= 0.3 is 0 Å². The minimum Gasteiger partial charge on any atom is -0.382 e. The predicted octanol–water partition coefficient (Wildman–Crippen LogP) is 3.87. The van der Waals surface area contributed by atoms with Crippen LogP contribution in [-0.2, 0) is 19.7 Å². The molecule has 1 amide bonds. The third kappa shape index (κ3) is 4.63. The first-order valence-electron chi connectivity index (χ1n) is 9.16. The average molecular weight is 456 g/mol. The van der Waals surface area contributed by atoms with E-state index in [1.165, 1.54) is 21.7 Å². The van der Waals surface area contributed by atoms with E-state index < -0.39 is 16.1 Å². The van der Waals surface area contributed by atoms with Gasteiger partial charge in [0.1, 0.15) is 5.71 Å². The average Bonchev–Trinajstić information content (AvgIpc) is 3.33. The Labute approximate surface area is 179 Å². The first kappa shape index (κ1) is 21.8. The molecule has 1 aromatic heterocycles. The molecule has 1 atom stereocenters. The molecule has 3 rings (SSSR count). The van der Waals surface area contributed by atoms with Crippen LogP contribution in [0.5, 0.6) is 0 Å². The second-order valence-corrected chi connectivity index (χ2v) is 10.1. The van der Waals surface area contributed by atoms with Gasteiger partial charge in [0.2, 0.25) is 16.1 Å². The van der Waals surface area contributed by atoms with Crippen molar-refractivity contribution in [2.75, 3.05) is 18.4 Å². The number of rotatable bonds is 7. The highest BCUT2D eigenvalue weighted by atomic mass is 35.5. The smallest absolute Gasteiger partial charge is 0.268 e. The lowest BCUT2D eigenvalue weighted by Crippen LogP contribution is -2.31. The molecular weight excluding hydrogens is 434 g/mol. The van der Waals surface area contributed by atoms with Crippen LogP contribution < -0.4 is 5.32 Å². The van der Waals surface area contributed by atoms with Gasteiger partial charge in [-0.2, -0.15) is 4.31 Å². The van der Waals surface area contributed by atoms with Crippen LogP contribution in [-0.4, -0.2) is 43.5 Å². The maximum Gasteiger partial charge on any atom is 0.268 e. The quantitative estimate of drug-likeness (QED) is 0.686. The van der Waals surface area contributed by atoms with E-state index in [-0.39, 0.29) is 10.8 Å². The van der Waals surface area contributed by atoms with Crippen molar-refractivity contribution in [2.45, 2.75) is 38.2 Å². The number of thiophene rings is 1. The van der Waals surface area contributed by atoms with Gasteiger partial charge in [0.15, 0.2) is 0 Å². The fraction of sp³-hybridized carbons (Fsp3) is 0.368. The van der Waals surface area contributed by atoms with Gasteiger partial charge in [-0.25, -0.2) is 8.42 Å². The molecule has 0 saturated carbocycles. The van der Waals surface area contributed by atoms with E-state index in [1.54, 1.807) is 39.0 Å². The molecule has 0 radical (unpaired) electrons. The Morgan fingerprint density at radius 3 is 2.66 bits per heavy atom. The fourth-order valence-corrected chi connectivity index (χ4v) is 5.76. The Hall–Kier alpha value is -1.94. The van der Waals surface area contributed by atoms with Gasteiger partial charge in [0, 0.05) is 25.2 Å². The molecule has 2 heterocycles. The van der Waals surface area contributed by atoms with E-state index in [0.717, 1.165) is 4.88 Å². The van der Waals surface area contributed by atoms with Crippen molar-refractivity contribution < 1.29 is 18.0 Å². The van der Waals surface area contributed by atoms with Gasteiger partial charge in [-0.1, -0.05) is 36.7 Å². The highest BCUT2D eigenvalue weighted by Crippen LogP contribution is 2.28. The number of carbonyl (C=O) groups is 1. The summed E-state index contributed by atoms with van der Waals surface area (Å²) in [5.41, 5.74) is 1.67. The molecular formula is C19H22ClN3O4S2. The number of hydrogen-bond donors (Lipinski definition) is 1. The lowest BCUT2D eigenvalue weighted by molar-refractivity contribution is -0.125. The Morgan fingerprint density at radius 1 is 1.31 bits per heavy atom. The van der Waals surface area contributed by atoms with E-state index in [4.69, 9.17) is 16.4 Å². The van der Waals surface area contributed by atoms with Crippen LogP contribution in [0.25, 0.3) is 0 Å². The van der Waals surface area contributed by atoms with Crippen LogP contribution in [0.15, 0.2) is 40.4 Å². The monoisotopic (exact) mass is 455 g/mol. The summed E-state index contributed by atoms with van der Waals surface area (Å²) in [6, 6.07) is 8.43. The third-order valence-electron chi connectivity index (χ3n) is 4.60. The van der Waals surface area contributed by atoms with Crippen LogP contribution in [0.1, 0.15) is 30.7 Å². The van der Waals surface area contributed by atoms with Gasteiger partial charge in [-0.15, -0.1) is 11.3 Å². The number of anilines is 1. The highest BCUT2D eigenvalue weighted by Gasteiger charge is 2.30. The first-order chi connectivity index (χ1) is 13.8. The molecule has 156 valence electrons. The lowest BCUT2D eigenvalue weighted by Gasteiger charge is -2.20. The zero-order valence-corrected chi connectivity index (χ0v) is 18.7. The van der Waals surface area contributed by atoms with Crippen molar-refractivity contribution in [1.82, 2.24) is 4.31 Å². The number of amides is 1. The molecule has 1 N–H and O–H groups in total. The molecule has 1 unspecified atom stereocenters. The number of oxime groups is 1. The minimum atomic E-state index is -3.63. The van der Waals surface area contributed by atoms with Gasteiger partial charge in [0.05, 0.1) is 14.1 Å². The second kappa shape index (κ2) is 8.83. The normalized spacial score (nSPS) is 16.6. The summed E-state index contributed by atoms with van der Waals surface area (Å²) >= 11 is 7.31. The molecule has 0 saturated heterocycles. The number of sulfonamides is 1. The van der Waals surface area contributed by atoms with Crippen molar-refractivity contribution in [2.24, 2.45) is 5.16 Å². The van der Waals surface area contributed by atoms with Crippen molar-refractivity contribution in [3.05, 3.63) is 45.1 Å². The van der Waals surface area contributed by atoms with Gasteiger partial charge in [0.25, 0.3) is 5.91 Å². The molecule has 2 aromatic rings. The summed E-state index contributed by atoms with van der Waals surface area (Å²) < 4.78 is 27.8. The zero-order chi connectivity index (χ0) is 21.2. The summed E-state index contributed by atoms with van der Waals surface area (Å²) in [4.78, 5) is 18.9. The predicted molar refractivity (Wildman–Crippen MR) is 115 cm³/mol. The molecule has 0 spiro atoms. The van der Waals surface area contributed by atoms with Crippen LogP contribution in [0.2, 0.25) is 4.34 Å². The van der Waals surface area contributed by atoms with Crippen molar-refractivity contribution in [3.63, 3.8) is 0 Å². The second-order valence-electron chi connectivity index (χ2n) is 6.50. The highest BCUT2D eigenvalue weighted by molar-refractivity contribution is 7.89. The van der Waals surface area contributed by atoms with E-state index in [0.29, 0.717) is 40.8 Å². The van der Waals surface area contributed by atoms with E-state index in [9.17, 15) is 13.2 Å². The molecule has 1 aromatic carbocycles. The summed E-state index contributed by atoms with van der Waals surface area (Å²) in [5.74, 6) is -0.388. The summed E-state index contributed by atoms with van der Waals surface area (Å²) in [6.45, 7) is 6.05. The lowest BCUT2D eigenvalue weighted by atomic mass is 10.1. The first-order valence-corrected chi connectivity index (χ1v) is 11.8. The molecule has 29 heavy (non-hydrogen) atoms. The summed E-state index contributed by atoms with van der Waals surface area (Å²) in [5, 5.41) is 6.72. The summed E-state index contributed by atoms with van der Waals surface area (Å²) in [6.07, 6.45) is -0.464. The zero-order valence-electron chi connectivity index (χ0n) is 16.3. The number of benzene rings is 1. The fourth-order valence-electron chi connectivity index (χ4n) is 3.01. The van der Waals surface area contributed by atoms with Gasteiger partial charge in [-0.3, -0.25) is 4.79 Å². The Morgan fingerprint density at radius 2 is 2.03 bits per heavy atom.